The van der Waals surface area contributed by atoms with Crippen molar-refractivity contribution < 1.29 is 19.8 Å². The van der Waals surface area contributed by atoms with Crippen LogP contribution >= 0.6 is 0 Å². The van der Waals surface area contributed by atoms with Crippen molar-refractivity contribution in [3.63, 3.8) is 0 Å². The number of carbonyl (C=O) groups is 2. The molecule has 0 aliphatic carbocycles. The molecule has 4 nitrogen and oxygen atoms in total. The fraction of sp³-hybridized carbons (Fsp3) is 0.333. The van der Waals surface area contributed by atoms with Crippen molar-refractivity contribution in [2.75, 3.05) is 0 Å². The van der Waals surface area contributed by atoms with Crippen LogP contribution < -0.4 is 0 Å². The lowest BCUT2D eigenvalue weighted by atomic mass is 9.77. The molecule has 0 aliphatic heterocycles. The van der Waals surface area contributed by atoms with Crippen LogP contribution in [0.4, 0.5) is 0 Å². The molecule has 0 saturated heterocycles. The van der Waals surface area contributed by atoms with Crippen LogP contribution in [0.15, 0.2) is 30.3 Å². The van der Waals surface area contributed by atoms with Crippen molar-refractivity contribution in [3.05, 3.63) is 35.9 Å². The Morgan fingerprint density at radius 2 is 1.59 bits per heavy atom. The molecule has 1 aromatic rings. The second kappa shape index (κ2) is 6.61. The molecule has 17 heavy (non-hydrogen) atoms. The summed E-state index contributed by atoms with van der Waals surface area (Å²) in [7, 11) is 0. The van der Waals surface area contributed by atoms with E-state index in [1.165, 1.54) is 12.1 Å². The van der Waals surface area contributed by atoms with Gasteiger partial charge in [0.25, 0.3) is 0 Å². The van der Waals surface area contributed by atoms with Crippen LogP contribution in [-0.4, -0.2) is 45.2 Å². The third kappa shape index (κ3) is 2.98. The van der Waals surface area contributed by atoms with Gasteiger partial charge in [-0.1, -0.05) is 43.7 Å². The third-order valence-electron chi connectivity index (χ3n) is 2.62. The Morgan fingerprint density at radius 1 is 1.12 bits per heavy atom. The van der Waals surface area contributed by atoms with Gasteiger partial charge in [0.15, 0.2) is 5.41 Å². The minimum Gasteiger partial charge on any atom is -0.480 e. The fourth-order valence-electron chi connectivity index (χ4n) is 1.79. The highest BCUT2D eigenvalue weighted by Gasteiger charge is 2.47. The van der Waals surface area contributed by atoms with E-state index in [4.69, 9.17) is 0 Å². The van der Waals surface area contributed by atoms with Crippen molar-refractivity contribution in [1.29, 1.82) is 0 Å². The van der Waals surface area contributed by atoms with Gasteiger partial charge in [0.2, 0.25) is 0 Å². The van der Waals surface area contributed by atoms with Gasteiger partial charge in [-0.3, -0.25) is 9.59 Å². The maximum atomic E-state index is 11.3. The van der Waals surface area contributed by atoms with Crippen molar-refractivity contribution in [3.8, 4) is 0 Å². The predicted octanol–water partition coefficient (Wildman–Crippen LogP) is 0.978. The van der Waals surface area contributed by atoms with Crippen LogP contribution in [0.2, 0.25) is 0 Å². The molecule has 0 aromatic heterocycles. The molecule has 0 bridgehead atoms. The van der Waals surface area contributed by atoms with Gasteiger partial charge < -0.3 is 10.2 Å². The Morgan fingerprint density at radius 3 is 1.94 bits per heavy atom. The average molecular weight is 249 g/mol. The zero-order chi connectivity index (χ0) is 12.2. The zero-order valence-electron chi connectivity index (χ0n) is 9.01. The van der Waals surface area contributed by atoms with Crippen molar-refractivity contribution >= 4 is 35.0 Å². The van der Waals surface area contributed by atoms with Crippen molar-refractivity contribution in [2.45, 2.75) is 25.2 Å². The first kappa shape index (κ1) is 15.9. The smallest absolute Gasteiger partial charge is 0.325 e. The van der Waals surface area contributed by atoms with Crippen LogP contribution in [0.1, 0.15) is 25.3 Å². The highest BCUT2D eigenvalue weighted by Crippen LogP contribution is 2.30. The molecule has 2 N–H and O–H groups in total. The van der Waals surface area contributed by atoms with Gasteiger partial charge in [-0.05, 0) is 12.0 Å². The first-order valence-corrected chi connectivity index (χ1v) is 5.08. The predicted molar refractivity (Wildman–Crippen MR) is 66.8 cm³/mol. The molecule has 0 amide bonds. The summed E-state index contributed by atoms with van der Waals surface area (Å²) in [5.74, 6) is -2.62. The second-order valence-electron chi connectivity index (χ2n) is 3.63. The van der Waals surface area contributed by atoms with Crippen LogP contribution in [-0.2, 0) is 15.0 Å². The van der Waals surface area contributed by atoms with Crippen LogP contribution in [0.5, 0.6) is 0 Å². The van der Waals surface area contributed by atoms with E-state index >= 15 is 0 Å². The number of carboxylic acids is 2. The summed E-state index contributed by atoms with van der Waals surface area (Å²) in [5, 5.41) is 18.4. The lowest BCUT2D eigenvalue weighted by Crippen LogP contribution is -2.43. The number of hydrogen-bond acceptors (Lipinski definition) is 2. The molecule has 90 valence electrons. The van der Waals surface area contributed by atoms with E-state index in [-0.39, 0.29) is 29.5 Å². The van der Waals surface area contributed by atoms with Gasteiger partial charge in [0.05, 0.1) is 0 Å². The van der Waals surface area contributed by atoms with Crippen molar-refractivity contribution in [2.24, 2.45) is 0 Å². The lowest BCUT2D eigenvalue weighted by Gasteiger charge is -2.24. The Bertz CT molecular complexity index is 375. The molecule has 0 fully saturated rings. The zero-order valence-corrected chi connectivity index (χ0v) is 9.01. The Balaban J connectivity index is 0.00000256. The number of hydrogen-bond donors (Lipinski definition) is 2. The molecule has 0 spiro atoms. The average Bonchev–Trinajstić information content (AvgIpc) is 2.26. The minimum atomic E-state index is -1.82. The van der Waals surface area contributed by atoms with Gasteiger partial charge in [-0.2, -0.15) is 0 Å². The third-order valence-corrected chi connectivity index (χ3v) is 2.62. The number of carboxylic acid groups (broad SMARTS) is 2. The maximum Gasteiger partial charge on any atom is 0.325 e. The van der Waals surface area contributed by atoms with E-state index in [1.54, 1.807) is 25.1 Å². The van der Waals surface area contributed by atoms with E-state index in [0.29, 0.717) is 12.0 Å². The summed E-state index contributed by atoms with van der Waals surface area (Å²) in [6, 6.07) is 8.09. The highest BCUT2D eigenvalue weighted by molar-refractivity contribution is 6.04. The molecule has 1 rings (SSSR count). The summed E-state index contributed by atoms with van der Waals surface area (Å²) in [6.45, 7) is 1.77. The molecule has 0 atom stereocenters. The molecule has 0 heterocycles. The van der Waals surface area contributed by atoms with Gasteiger partial charge in [0.1, 0.15) is 0 Å². The second-order valence-corrected chi connectivity index (χ2v) is 3.63. The molecule has 0 unspecified atom stereocenters. The Hall–Kier alpha value is -1.07. The summed E-state index contributed by atoms with van der Waals surface area (Å²) in [5.41, 5.74) is -1.51. The van der Waals surface area contributed by atoms with Gasteiger partial charge in [0, 0.05) is 0 Å². The minimum absolute atomic E-state index is 0. The first-order valence-electron chi connectivity index (χ1n) is 5.08. The lowest BCUT2D eigenvalue weighted by molar-refractivity contribution is -0.158. The largest absolute Gasteiger partial charge is 0.480 e. The Kier molecular flexibility index (Phi) is 6.19. The van der Waals surface area contributed by atoms with Crippen molar-refractivity contribution in [1.82, 2.24) is 0 Å². The van der Waals surface area contributed by atoms with E-state index in [9.17, 15) is 19.8 Å². The van der Waals surface area contributed by atoms with Crippen LogP contribution in [0.25, 0.3) is 0 Å². The Labute approximate surface area is 116 Å². The molecule has 0 aliphatic rings. The number of benzene rings is 1. The summed E-state index contributed by atoms with van der Waals surface area (Å²) in [4.78, 5) is 22.5. The van der Waals surface area contributed by atoms with E-state index in [0.717, 1.165) is 0 Å². The summed E-state index contributed by atoms with van der Waals surface area (Å²) >= 11 is 0. The number of aliphatic carboxylic acids is 2. The summed E-state index contributed by atoms with van der Waals surface area (Å²) in [6.07, 6.45) is 0.579. The van der Waals surface area contributed by atoms with E-state index in [1.807, 2.05) is 0 Å². The number of rotatable bonds is 5. The van der Waals surface area contributed by atoms with Gasteiger partial charge in [-0.15, -0.1) is 0 Å². The fourth-order valence-corrected chi connectivity index (χ4v) is 1.79. The maximum absolute atomic E-state index is 11.3. The molecular weight excluding hydrogens is 232 g/mol. The molecular formula is C12H16MgO4. The van der Waals surface area contributed by atoms with Gasteiger partial charge in [-0.25, -0.2) is 0 Å². The van der Waals surface area contributed by atoms with Gasteiger partial charge >= 0.3 is 35.0 Å². The quantitative estimate of drug-likeness (QED) is 0.602. The molecule has 0 saturated carbocycles. The molecule has 1 aromatic carbocycles. The molecule has 0 radical (unpaired) electrons. The topological polar surface area (TPSA) is 74.6 Å². The van der Waals surface area contributed by atoms with Crippen LogP contribution in [0.3, 0.4) is 0 Å². The molecule has 5 heteroatoms. The van der Waals surface area contributed by atoms with E-state index in [2.05, 4.69) is 0 Å². The highest BCUT2D eigenvalue weighted by atomic mass is 24.3. The summed E-state index contributed by atoms with van der Waals surface area (Å²) < 4.78 is 0. The van der Waals surface area contributed by atoms with Crippen LogP contribution in [0, 0.1) is 0 Å². The monoisotopic (exact) mass is 248 g/mol. The normalized spacial score (nSPS) is 10.4. The SMILES string of the molecule is CCCC(C(=O)O)(C(=O)O)c1ccccc1.[MgH2]. The standard InChI is InChI=1S/C12H14O4.Mg.2H/c1-2-8-12(10(13)14,11(15)16)9-6-4-3-5-7-9;;;/h3-7H,2,8H2,1H3,(H,13,14)(H,15,16);;;. The first-order chi connectivity index (χ1) is 7.55. The van der Waals surface area contributed by atoms with E-state index < -0.39 is 17.4 Å².